The van der Waals surface area contributed by atoms with Gasteiger partial charge in [0.2, 0.25) is 5.91 Å². The molecule has 1 aromatic carbocycles. The van der Waals surface area contributed by atoms with Gasteiger partial charge in [-0.05, 0) is 43.6 Å². The van der Waals surface area contributed by atoms with Crippen LogP contribution in [0.5, 0.6) is 0 Å². The summed E-state index contributed by atoms with van der Waals surface area (Å²) >= 11 is 3.31. The highest BCUT2D eigenvalue weighted by molar-refractivity contribution is 9.10. The van der Waals surface area contributed by atoms with Crippen molar-refractivity contribution >= 4 is 44.1 Å². The Kier molecular flexibility index (Phi) is 8.00. The number of nitrogens with one attached hydrogen (secondary N) is 1. The number of nitrogens with zero attached hydrogens (tertiary/aromatic N) is 1. The zero-order valence-electron chi connectivity index (χ0n) is 13.0. The van der Waals surface area contributed by atoms with Crippen molar-refractivity contribution in [2.75, 3.05) is 32.4 Å². The Labute approximate surface area is 152 Å². The normalized spacial score (nSPS) is 17.8. The summed E-state index contributed by atoms with van der Waals surface area (Å²) in [7, 11) is -1.55. The molecule has 1 heterocycles. The summed E-state index contributed by atoms with van der Waals surface area (Å²) in [5.74, 6) is -0.367. The number of carbonyl (C=O) groups excluding carboxylic acids is 1. The maximum atomic E-state index is 12.2. The minimum absolute atomic E-state index is 0. The first-order chi connectivity index (χ1) is 10.4. The number of hydrogen-bond donors (Lipinski definition) is 1. The number of carbonyl (C=O) groups is 1. The Balaban J connectivity index is 0.00000264. The van der Waals surface area contributed by atoms with Crippen LogP contribution in [0.2, 0.25) is 0 Å². The van der Waals surface area contributed by atoms with Crippen LogP contribution in [0.4, 0.5) is 0 Å². The smallest absolute Gasteiger partial charge is 0.237 e. The largest absolute Gasteiger partial charge is 0.341 e. The van der Waals surface area contributed by atoms with Gasteiger partial charge in [-0.15, -0.1) is 12.4 Å². The summed E-state index contributed by atoms with van der Waals surface area (Å²) in [6.45, 7) is 2.15. The van der Waals surface area contributed by atoms with Crippen molar-refractivity contribution in [1.82, 2.24) is 10.2 Å². The summed E-state index contributed by atoms with van der Waals surface area (Å²) < 4.78 is 25.3. The van der Waals surface area contributed by atoms with Crippen molar-refractivity contribution in [2.24, 2.45) is 5.92 Å². The number of hydrogen-bond acceptors (Lipinski definition) is 4. The predicted octanol–water partition coefficient (Wildman–Crippen LogP) is 1.85. The van der Waals surface area contributed by atoms with E-state index in [0.717, 1.165) is 17.4 Å². The second kappa shape index (κ2) is 9.01. The summed E-state index contributed by atoms with van der Waals surface area (Å²) in [4.78, 5) is 13.8. The molecule has 0 saturated carbocycles. The summed E-state index contributed by atoms with van der Waals surface area (Å²) in [6, 6.07) is 7.11. The van der Waals surface area contributed by atoms with Crippen molar-refractivity contribution in [1.29, 1.82) is 0 Å². The van der Waals surface area contributed by atoms with Crippen molar-refractivity contribution < 1.29 is 13.2 Å². The van der Waals surface area contributed by atoms with Crippen LogP contribution in [0.25, 0.3) is 0 Å². The lowest BCUT2D eigenvalue weighted by molar-refractivity contribution is -0.127. The molecule has 0 radical (unpaired) electrons. The molecule has 1 saturated heterocycles. The Morgan fingerprint density at radius 2 is 2.00 bits per heavy atom. The maximum absolute atomic E-state index is 12.2. The average molecular weight is 426 g/mol. The van der Waals surface area contributed by atoms with Crippen LogP contribution in [-0.2, 0) is 20.4 Å². The molecule has 5 nitrogen and oxygen atoms in total. The first-order valence-electron chi connectivity index (χ1n) is 7.27. The second-order valence-corrected chi connectivity index (χ2v) is 8.69. The Bertz CT molecular complexity index is 622. The van der Waals surface area contributed by atoms with Gasteiger partial charge in [0.05, 0.1) is 5.75 Å². The summed E-state index contributed by atoms with van der Waals surface area (Å²) in [5.41, 5.74) is 0.700. The van der Waals surface area contributed by atoms with Gasteiger partial charge in [-0.1, -0.05) is 28.1 Å². The first kappa shape index (κ1) is 20.4. The van der Waals surface area contributed by atoms with E-state index >= 15 is 0 Å². The minimum Gasteiger partial charge on any atom is -0.341 e. The molecular formula is C15H22BrClN2O3S. The fourth-order valence-electron chi connectivity index (χ4n) is 2.68. The molecule has 1 amide bonds. The van der Waals surface area contributed by atoms with E-state index in [9.17, 15) is 13.2 Å². The van der Waals surface area contributed by atoms with Crippen LogP contribution in [-0.4, -0.2) is 51.7 Å². The Morgan fingerprint density at radius 3 is 2.61 bits per heavy atom. The van der Waals surface area contributed by atoms with E-state index in [4.69, 9.17) is 0 Å². The first-order valence-corrected chi connectivity index (χ1v) is 9.88. The molecule has 0 spiro atoms. The highest BCUT2D eigenvalue weighted by atomic mass is 79.9. The third-order valence-corrected chi connectivity index (χ3v) is 5.76. The Morgan fingerprint density at radius 1 is 1.35 bits per heavy atom. The number of halogens is 2. The van der Waals surface area contributed by atoms with Crippen molar-refractivity contribution in [3.63, 3.8) is 0 Å². The lowest BCUT2D eigenvalue weighted by Crippen LogP contribution is -2.35. The summed E-state index contributed by atoms with van der Waals surface area (Å²) in [6.07, 6.45) is 0.930. The number of benzene rings is 1. The molecule has 23 heavy (non-hydrogen) atoms. The van der Waals surface area contributed by atoms with Gasteiger partial charge in [-0.25, -0.2) is 8.42 Å². The third-order valence-electron chi connectivity index (χ3n) is 3.77. The van der Waals surface area contributed by atoms with Gasteiger partial charge in [-0.2, -0.15) is 0 Å². The van der Waals surface area contributed by atoms with Crippen LogP contribution >= 0.6 is 28.3 Å². The van der Waals surface area contributed by atoms with E-state index in [-0.39, 0.29) is 24.1 Å². The number of sulfone groups is 1. The fraction of sp³-hybridized carbons (Fsp3) is 0.533. The van der Waals surface area contributed by atoms with Gasteiger partial charge in [0.25, 0.3) is 0 Å². The quantitative estimate of drug-likeness (QED) is 0.755. The zero-order valence-corrected chi connectivity index (χ0v) is 16.2. The van der Waals surface area contributed by atoms with Crippen LogP contribution in [0.1, 0.15) is 12.0 Å². The van der Waals surface area contributed by atoms with Crippen molar-refractivity contribution in [3.8, 4) is 0 Å². The molecule has 1 N–H and O–H groups in total. The lowest BCUT2D eigenvalue weighted by Gasteiger charge is -2.16. The molecular weight excluding hydrogens is 404 g/mol. The van der Waals surface area contributed by atoms with Crippen molar-refractivity contribution in [2.45, 2.75) is 12.2 Å². The fourth-order valence-corrected chi connectivity index (χ4v) is 4.31. The SMILES string of the molecule is CNCC1CCN(C(=O)CS(=O)(=O)Cc2ccc(Br)cc2)C1.Cl. The average Bonchev–Trinajstić information content (AvgIpc) is 2.90. The molecule has 1 aliphatic rings. The van der Waals surface area contributed by atoms with Gasteiger partial charge < -0.3 is 10.2 Å². The van der Waals surface area contributed by atoms with Crippen LogP contribution in [0.15, 0.2) is 28.7 Å². The minimum atomic E-state index is -3.44. The molecule has 1 fully saturated rings. The molecule has 8 heteroatoms. The maximum Gasteiger partial charge on any atom is 0.237 e. The summed E-state index contributed by atoms with van der Waals surface area (Å²) in [5, 5.41) is 3.09. The molecule has 0 bridgehead atoms. The monoisotopic (exact) mass is 424 g/mol. The van der Waals surface area contributed by atoms with E-state index in [2.05, 4.69) is 21.2 Å². The van der Waals surface area contributed by atoms with E-state index in [1.807, 2.05) is 7.05 Å². The highest BCUT2D eigenvalue weighted by Crippen LogP contribution is 2.17. The molecule has 1 atom stereocenters. The number of likely N-dealkylation sites (tertiary alicyclic amines) is 1. The van der Waals surface area contributed by atoms with Crippen LogP contribution < -0.4 is 5.32 Å². The van der Waals surface area contributed by atoms with E-state index < -0.39 is 15.6 Å². The molecule has 1 unspecified atom stereocenters. The van der Waals surface area contributed by atoms with Gasteiger partial charge in [0.15, 0.2) is 9.84 Å². The predicted molar refractivity (Wildman–Crippen MR) is 97.5 cm³/mol. The van der Waals surface area contributed by atoms with Crippen LogP contribution in [0, 0.1) is 5.92 Å². The second-order valence-electron chi connectivity index (χ2n) is 5.71. The molecule has 1 aromatic rings. The molecule has 0 aromatic heterocycles. The van der Waals surface area contributed by atoms with Gasteiger partial charge in [0, 0.05) is 17.6 Å². The number of rotatable bonds is 6. The van der Waals surface area contributed by atoms with Crippen molar-refractivity contribution in [3.05, 3.63) is 34.3 Å². The third kappa shape index (κ3) is 6.41. The van der Waals surface area contributed by atoms with E-state index in [1.54, 1.807) is 29.2 Å². The van der Waals surface area contributed by atoms with E-state index in [1.165, 1.54) is 0 Å². The van der Waals surface area contributed by atoms with Gasteiger partial charge in [0.1, 0.15) is 5.75 Å². The highest BCUT2D eigenvalue weighted by Gasteiger charge is 2.28. The van der Waals surface area contributed by atoms with E-state index in [0.29, 0.717) is 24.6 Å². The van der Waals surface area contributed by atoms with Gasteiger partial charge in [-0.3, -0.25) is 4.79 Å². The van der Waals surface area contributed by atoms with Gasteiger partial charge >= 0.3 is 0 Å². The molecule has 0 aliphatic carbocycles. The molecule has 2 rings (SSSR count). The lowest BCUT2D eigenvalue weighted by atomic mass is 10.1. The molecule has 130 valence electrons. The van der Waals surface area contributed by atoms with Crippen LogP contribution in [0.3, 0.4) is 0 Å². The zero-order chi connectivity index (χ0) is 16.2. The number of amides is 1. The Hall–Kier alpha value is -0.630. The standard InChI is InChI=1S/C15H21BrN2O3S.ClH/c1-17-8-13-6-7-18(9-13)15(19)11-22(20,21)10-12-2-4-14(16)5-3-12;/h2-5,13,17H,6-11H2,1H3;1H. The topological polar surface area (TPSA) is 66.5 Å². The molecule has 1 aliphatic heterocycles.